The van der Waals surface area contributed by atoms with E-state index in [-0.39, 0.29) is 11.2 Å². The van der Waals surface area contributed by atoms with Crippen LogP contribution in [0.5, 0.6) is 0 Å². The summed E-state index contributed by atoms with van der Waals surface area (Å²) in [5, 5.41) is 18.1. The zero-order valence-corrected chi connectivity index (χ0v) is 9.59. The van der Waals surface area contributed by atoms with Gasteiger partial charge in [0.2, 0.25) is 0 Å². The SMILES string of the molecule is OB(O)c1cccc(-c2cccc(C(F)(F)F)n2)c1. The van der Waals surface area contributed by atoms with Crippen molar-refractivity contribution in [3.05, 3.63) is 48.2 Å². The molecule has 0 bridgehead atoms. The Hall–Kier alpha value is -1.86. The van der Waals surface area contributed by atoms with E-state index in [4.69, 9.17) is 10.0 Å². The summed E-state index contributed by atoms with van der Waals surface area (Å²) in [6.07, 6.45) is -4.51. The van der Waals surface area contributed by atoms with E-state index in [1.807, 2.05) is 0 Å². The van der Waals surface area contributed by atoms with Gasteiger partial charge in [-0.1, -0.05) is 30.3 Å². The molecule has 0 saturated carbocycles. The van der Waals surface area contributed by atoms with Crippen LogP contribution in [0.4, 0.5) is 13.2 Å². The Morgan fingerprint density at radius 3 is 2.32 bits per heavy atom. The second-order valence-corrected chi connectivity index (χ2v) is 3.90. The highest BCUT2D eigenvalue weighted by molar-refractivity contribution is 6.58. The largest absolute Gasteiger partial charge is 0.488 e. The molecule has 0 atom stereocenters. The van der Waals surface area contributed by atoms with Crippen LogP contribution in [0, 0.1) is 0 Å². The van der Waals surface area contributed by atoms with Crippen LogP contribution in [0.3, 0.4) is 0 Å². The van der Waals surface area contributed by atoms with Crippen LogP contribution in [0.1, 0.15) is 5.69 Å². The fourth-order valence-electron chi connectivity index (χ4n) is 1.61. The molecule has 2 rings (SSSR count). The Morgan fingerprint density at radius 2 is 1.68 bits per heavy atom. The van der Waals surface area contributed by atoms with Crippen LogP contribution < -0.4 is 5.46 Å². The van der Waals surface area contributed by atoms with Gasteiger partial charge in [0.05, 0.1) is 5.69 Å². The van der Waals surface area contributed by atoms with Gasteiger partial charge in [-0.15, -0.1) is 0 Å². The molecular weight excluding hydrogens is 258 g/mol. The molecule has 1 aromatic heterocycles. The minimum absolute atomic E-state index is 0.123. The van der Waals surface area contributed by atoms with Gasteiger partial charge in [0.15, 0.2) is 0 Å². The van der Waals surface area contributed by atoms with Crippen LogP contribution in [0.2, 0.25) is 0 Å². The van der Waals surface area contributed by atoms with Crippen LogP contribution in [0.15, 0.2) is 42.5 Å². The highest BCUT2D eigenvalue weighted by Crippen LogP contribution is 2.29. The van der Waals surface area contributed by atoms with Gasteiger partial charge in [-0.3, -0.25) is 0 Å². The average molecular weight is 267 g/mol. The lowest BCUT2D eigenvalue weighted by molar-refractivity contribution is -0.141. The normalized spacial score (nSPS) is 11.4. The summed E-state index contributed by atoms with van der Waals surface area (Å²) in [4.78, 5) is 3.53. The minimum Gasteiger partial charge on any atom is -0.423 e. The lowest BCUT2D eigenvalue weighted by Crippen LogP contribution is -2.29. The molecule has 0 saturated heterocycles. The number of aromatic nitrogens is 1. The van der Waals surface area contributed by atoms with E-state index < -0.39 is 19.0 Å². The van der Waals surface area contributed by atoms with Gasteiger partial charge < -0.3 is 10.0 Å². The maximum atomic E-state index is 12.5. The topological polar surface area (TPSA) is 53.4 Å². The van der Waals surface area contributed by atoms with E-state index >= 15 is 0 Å². The predicted octanol–water partition coefficient (Wildman–Crippen LogP) is 1.45. The third-order valence-electron chi connectivity index (χ3n) is 2.52. The number of alkyl halides is 3. The molecule has 0 radical (unpaired) electrons. The van der Waals surface area contributed by atoms with E-state index in [2.05, 4.69) is 4.98 Å². The van der Waals surface area contributed by atoms with Crippen molar-refractivity contribution in [3.63, 3.8) is 0 Å². The van der Waals surface area contributed by atoms with Crippen LogP contribution in [0.25, 0.3) is 11.3 Å². The zero-order chi connectivity index (χ0) is 14.0. The molecule has 0 unspecified atom stereocenters. The van der Waals surface area contributed by atoms with Gasteiger partial charge in [0, 0.05) is 0 Å². The lowest BCUT2D eigenvalue weighted by Gasteiger charge is -2.08. The van der Waals surface area contributed by atoms with Crippen molar-refractivity contribution in [2.75, 3.05) is 0 Å². The van der Waals surface area contributed by atoms with Gasteiger partial charge >= 0.3 is 13.3 Å². The van der Waals surface area contributed by atoms with E-state index in [0.29, 0.717) is 5.56 Å². The van der Waals surface area contributed by atoms with E-state index in [1.165, 1.54) is 30.3 Å². The molecule has 0 fully saturated rings. The molecule has 3 nitrogen and oxygen atoms in total. The standard InChI is InChI=1S/C12H9BF3NO2/c14-12(15,16)11-6-2-5-10(17-11)8-3-1-4-9(7-8)13(18)19/h1-7,18-19H. The summed E-state index contributed by atoms with van der Waals surface area (Å²) in [7, 11) is -1.68. The zero-order valence-electron chi connectivity index (χ0n) is 9.59. The molecule has 19 heavy (non-hydrogen) atoms. The molecule has 0 spiro atoms. The minimum atomic E-state index is -4.51. The smallest absolute Gasteiger partial charge is 0.423 e. The summed E-state index contributed by atoms with van der Waals surface area (Å²) in [5.74, 6) is 0. The summed E-state index contributed by atoms with van der Waals surface area (Å²) in [5.41, 5.74) is -0.286. The Balaban J connectivity index is 2.45. The Labute approximate surface area is 107 Å². The quantitative estimate of drug-likeness (QED) is 0.809. The average Bonchev–Trinajstić information content (AvgIpc) is 2.38. The number of hydrogen-bond donors (Lipinski definition) is 2. The molecular formula is C12H9BF3NO2. The van der Waals surface area contributed by atoms with E-state index in [0.717, 1.165) is 6.07 Å². The van der Waals surface area contributed by atoms with Crippen molar-refractivity contribution in [2.24, 2.45) is 0 Å². The first-order valence-corrected chi connectivity index (χ1v) is 5.38. The van der Waals surface area contributed by atoms with Crippen molar-refractivity contribution in [2.45, 2.75) is 6.18 Å². The van der Waals surface area contributed by atoms with Crippen molar-refractivity contribution in [1.82, 2.24) is 4.98 Å². The first kappa shape index (κ1) is 13.6. The highest BCUT2D eigenvalue weighted by Gasteiger charge is 2.32. The van der Waals surface area contributed by atoms with Crippen LogP contribution >= 0.6 is 0 Å². The molecule has 1 aromatic carbocycles. The van der Waals surface area contributed by atoms with Gasteiger partial charge in [-0.25, -0.2) is 4.98 Å². The second-order valence-electron chi connectivity index (χ2n) is 3.90. The predicted molar refractivity (Wildman–Crippen MR) is 64.5 cm³/mol. The third kappa shape index (κ3) is 3.13. The van der Waals surface area contributed by atoms with Crippen LogP contribution in [-0.4, -0.2) is 22.2 Å². The van der Waals surface area contributed by atoms with Gasteiger partial charge in [0.25, 0.3) is 0 Å². The molecule has 7 heteroatoms. The fraction of sp³-hybridized carbons (Fsp3) is 0.0833. The van der Waals surface area contributed by atoms with Crippen LogP contribution in [-0.2, 0) is 6.18 Å². The lowest BCUT2D eigenvalue weighted by atomic mass is 9.79. The number of hydrogen-bond acceptors (Lipinski definition) is 3. The molecule has 0 amide bonds. The Bertz CT molecular complexity index is 587. The number of benzene rings is 1. The molecule has 98 valence electrons. The third-order valence-corrected chi connectivity index (χ3v) is 2.52. The molecule has 0 aliphatic rings. The Kier molecular flexibility index (Phi) is 3.59. The van der Waals surface area contributed by atoms with Crippen molar-refractivity contribution >= 4 is 12.6 Å². The molecule has 0 aliphatic heterocycles. The highest BCUT2D eigenvalue weighted by atomic mass is 19.4. The maximum Gasteiger partial charge on any atom is 0.488 e. The first-order valence-electron chi connectivity index (χ1n) is 5.38. The Morgan fingerprint density at radius 1 is 1.00 bits per heavy atom. The fourth-order valence-corrected chi connectivity index (χ4v) is 1.61. The maximum absolute atomic E-state index is 12.5. The molecule has 2 N–H and O–H groups in total. The monoisotopic (exact) mass is 267 g/mol. The summed E-state index contributed by atoms with van der Waals surface area (Å²) < 4.78 is 37.6. The van der Waals surface area contributed by atoms with Crippen molar-refractivity contribution in [1.29, 1.82) is 0 Å². The number of nitrogens with zero attached hydrogens (tertiary/aromatic N) is 1. The molecule has 2 aromatic rings. The second kappa shape index (κ2) is 5.03. The number of rotatable bonds is 2. The molecule has 1 heterocycles. The summed E-state index contributed by atoms with van der Waals surface area (Å²) in [6.45, 7) is 0. The van der Waals surface area contributed by atoms with Gasteiger partial charge in [0.1, 0.15) is 5.69 Å². The van der Waals surface area contributed by atoms with Crippen molar-refractivity contribution < 1.29 is 23.2 Å². The number of halogens is 3. The number of pyridine rings is 1. The van der Waals surface area contributed by atoms with Gasteiger partial charge in [-0.05, 0) is 23.2 Å². The molecule has 0 aliphatic carbocycles. The summed E-state index contributed by atoms with van der Waals surface area (Å²) in [6, 6.07) is 9.48. The first-order chi connectivity index (χ1) is 8.88. The summed E-state index contributed by atoms with van der Waals surface area (Å²) >= 11 is 0. The van der Waals surface area contributed by atoms with E-state index in [1.54, 1.807) is 6.07 Å². The van der Waals surface area contributed by atoms with Gasteiger partial charge in [-0.2, -0.15) is 13.2 Å². The van der Waals surface area contributed by atoms with Crippen molar-refractivity contribution in [3.8, 4) is 11.3 Å². The van der Waals surface area contributed by atoms with E-state index in [9.17, 15) is 13.2 Å².